The molecule has 64 heavy (non-hydrogen) atoms. The molecule has 0 saturated heterocycles. The van der Waals surface area contributed by atoms with Gasteiger partial charge in [-0.05, 0) is 151 Å². The minimum absolute atomic E-state index is 0.214. The maximum absolute atomic E-state index is 12.1. The van der Waals surface area contributed by atoms with E-state index in [-0.39, 0.29) is 11.9 Å². The van der Waals surface area contributed by atoms with Gasteiger partial charge in [-0.2, -0.15) is 0 Å². The molecular weight excluding hydrogens is 789 g/mol. The van der Waals surface area contributed by atoms with Crippen LogP contribution in [0.2, 0.25) is 0 Å². The first kappa shape index (κ1) is 39.2. The second-order valence-corrected chi connectivity index (χ2v) is 16.8. The molecule has 11 rings (SSSR count). The number of hydrogen-bond acceptors (Lipinski definition) is 6. The van der Waals surface area contributed by atoms with Crippen LogP contribution < -0.4 is 9.80 Å². The number of esters is 2. The topological polar surface area (TPSA) is 59.1 Å². The maximum atomic E-state index is 12.1. The van der Waals surface area contributed by atoms with Crippen LogP contribution in [0.25, 0.3) is 54.7 Å². The molecule has 0 aromatic heterocycles. The Hall–Kier alpha value is -7.70. The van der Waals surface area contributed by atoms with Crippen LogP contribution in [-0.2, 0) is 38.3 Å². The van der Waals surface area contributed by atoms with Gasteiger partial charge in [0.25, 0.3) is 0 Å². The average molecular weight is 835 g/mol. The normalized spacial score (nSPS) is 12.8. The van der Waals surface area contributed by atoms with Gasteiger partial charge >= 0.3 is 11.9 Å². The van der Waals surface area contributed by atoms with Crippen LogP contribution in [0.4, 0.5) is 34.1 Å². The van der Waals surface area contributed by atoms with E-state index in [0.29, 0.717) is 25.7 Å². The van der Waals surface area contributed by atoms with Crippen LogP contribution in [0.1, 0.15) is 47.1 Å². The fourth-order valence-corrected chi connectivity index (χ4v) is 10.1. The number of carbonyl (C=O) groups excluding carboxylic acids is 2. The van der Waals surface area contributed by atoms with Crippen LogP contribution in [-0.4, -0.2) is 26.2 Å². The molecule has 0 spiro atoms. The summed E-state index contributed by atoms with van der Waals surface area (Å²) in [6.45, 7) is 0. The van der Waals surface area contributed by atoms with E-state index in [1.807, 2.05) is 0 Å². The maximum Gasteiger partial charge on any atom is 0.305 e. The van der Waals surface area contributed by atoms with E-state index in [2.05, 4.69) is 180 Å². The fraction of sp³-hybridized carbons (Fsp3) is 0.138. The number of aryl methyl sites for hydroxylation is 2. The van der Waals surface area contributed by atoms with E-state index in [1.165, 1.54) is 79.6 Å². The molecule has 2 aliphatic carbocycles. The number of methoxy groups -OCH3 is 2. The molecule has 0 radical (unpaired) electrons. The third-order valence-corrected chi connectivity index (χ3v) is 13.2. The average Bonchev–Trinajstić information content (AvgIpc) is 3.35. The molecule has 0 fully saturated rings. The van der Waals surface area contributed by atoms with Crippen molar-refractivity contribution in [1.82, 2.24) is 0 Å². The van der Waals surface area contributed by atoms with Crippen molar-refractivity contribution in [3.63, 3.8) is 0 Å². The lowest BCUT2D eigenvalue weighted by Gasteiger charge is -2.33. The molecule has 0 saturated carbocycles. The highest BCUT2D eigenvalue weighted by Crippen LogP contribution is 2.49. The molecule has 9 aromatic carbocycles. The van der Waals surface area contributed by atoms with E-state index < -0.39 is 0 Å². The van der Waals surface area contributed by atoms with Crippen LogP contribution in [0.15, 0.2) is 164 Å². The molecule has 0 unspecified atom stereocenters. The van der Waals surface area contributed by atoms with E-state index in [1.54, 1.807) is 0 Å². The van der Waals surface area contributed by atoms with Gasteiger partial charge < -0.3 is 19.3 Å². The Balaban J connectivity index is 1.10. The second-order valence-electron chi connectivity index (χ2n) is 16.8. The van der Waals surface area contributed by atoms with Crippen molar-refractivity contribution in [3.8, 4) is 0 Å². The summed E-state index contributed by atoms with van der Waals surface area (Å²) in [5.74, 6) is -0.432. The minimum atomic E-state index is -0.217. The third-order valence-electron chi connectivity index (χ3n) is 13.2. The monoisotopic (exact) mass is 834 g/mol. The number of rotatable bonds is 12. The predicted molar refractivity (Wildman–Crippen MR) is 263 cm³/mol. The largest absolute Gasteiger partial charge is 0.469 e. The van der Waals surface area contributed by atoms with Gasteiger partial charge in [0.1, 0.15) is 0 Å². The van der Waals surface area contributed by atoms with Gasteiger partial charge in [0, 0.05) is 41.0 Å². The van der Waals surface area contributed by atoms with Gasteiger partial charge in [0.05, 0.1) is 25.6 Å². The van der Waals surface area contributed by atoms with Crippen molar-refractivity contribution in [1.29, 1.82) is 0 Å². The Morgan fingerprint density at radius 1 is 0.516 bits per heavy atom. The number of nitrogens with zero attached hydrogens (tertiary/aromatic N) is 2. The Morgan fingerprint density at radius 2 is 1.05 bits per heavy atom. The molecule has 0 N–H and O–H groups in total. The molecule has 6 nitrogen and oxygen atoms in total. The first-order valence-electron chi connectivity index (χ1n) is 22.1. The summed E-state index contributed by atoms with van der Waals surface area (Å²) in [6, 6.07) is 55.1. The van der Waals surface area contributed by atoms with Gasteiger partial charge in [-0.3, -0.25) is 9.59 Å². The molecule has 0 heterocycles. The molecule has 6 heteroatoms. The van der Waals surface area contributed by atoms with Crippen molar-refractivity contribution in [2.45, 2.75) is 38.5 Å². The van der Waals surface area contributed by atoms with Crippen LogP contribution in [0.3, 0.4) is 0 Å². The van der Waals surface area contributed by atoms with Crippen molar-refractivity contribution < 1.29 is 19.1 Å². The van der Waals surface area contributed by atoms with E-state index in [4.69, 9.17) is 9.47 Å². The smallest absolute Gasteiger partial charge is 0.305 e. The zero-order valence-electron chi connectivity index (χ0n) is 35.9. The minimum Gasteiger partial charge on any atom is -0.469 e. The fourth-order valence-electron chi connectivity index (χ4n) is 10.1. The molecular formula is C58H46N2O4. The van der Waals surface area contributed by atoms with Gasteiger partial charge in [-0.25, -0.2) is 0 Å². The van der Waals surface area contributed by atoms with E-state index in [0.717, 1.165) is 58.1 Å². The van der Waals surface area contributed by atoms with Crippen LogP contribution in [0, 0.1) is 0 Å². The Labute approximate surface area is 372 Å². The number of hydrogen-bond donors (Lipinski definition) is 0. The lowest BCUT2D eigenvalue weighted by molar-refractivity contribution is -0.141. The Morgan fingerprint density at radius 3 is 1.69 bits per heavy atom. The quantitative estimate of drug-likeness (QED) is 0.0902. The molecule has 0 aliphatic heterocycles. The van der Waals surface area contributed by atoms with Crippen molar-refractivity contribution in [2.24, 2.45) is 0 Å². The first-order valence-corrected chi connectivity index (χ1v) is 22.1. The number of ether oxygens (including phenoxy) is 2. The number of benzene rings is 9. The molecule has 0 bridgehead atoms. The molecule has 0 amide bonds. The second kappa shape index (κ2) is 16.2. The van der Waals surface area contributed by atoms with Gasteiger partial charge in [0.2, 0.25) is 0 Å². The third kappa shape index (κ3) is 6.83. The lowest BCUT2D eigenvalue weighted by Crippen LogP contribution is -2.16. The van der Waals surface area contributed by atoms with Crippen molar-refractivity contribution >= 4 is 101 Å². The SMILES string of the molecule is COC(=O)CCc1ccc(N(c2cccc(N(c3ccc(CCC(=O)OC)cc3)c3ccc4ccc5cccc6ccc3c4c56)c2)c2ccc3ccc4c5c3c2CC=C5CC=C4)cc1. The predicted octanol–water partition coefficient (Wildman–Crippen LogP) is 14.2. The lowest BCUT2D eigenvalue weighted by atomic mass is 9.81. The number of carbonyl (C=O) groups is 2. The summed E-state index contributed by atoms with van der Waals surface area (Å²) in [7, 11) is 2.87. The highest BCUT2D eigenvalue weighted by atomic mass is 16.5. The van der Waals surface area contributed by atoms with Crippen LogP contribution >= 0.6 is 0 Å². The van der Waals surface area contributed by atoms with Gasteiger partial charge in [-0.15, -0.1) is 0 Å². The number of allylic oxidation sites excluding steroid dienone is 3. The first-order chi connectivity index (χ1) is 31.4. The standard InChI is InChI=1S/C58H46N2O4/c1-63-53(61)34-16-37-12-26-45(27-13-37)59(51-32-24-43-20-18-39-6-3-8-41-22-30-49(51)57(43)55(39)41)47-10-5-11-48(36-47)60(46-28-14-38(15-29-46)17-35-54(62)64-2)52-33-25-44-21-19-40-7-4-9-42-23-31-50(52)58(44)56(40)42/h3-8,10-15,18-30,32-33,36H,9,16-17,31,34-35H2,1-2H3. The summed E-state index contributed by atoms with van der Waals surface area (Å²) in [4.78, 5) is 28.9. The highest BCUT2D eigenvalue weighted by Gasteiger charge is 2.26. The van der Waals surface area contributed by atoms with E-state index in [9.17, 15) is 9.59 Å². The zero-order valence-corrected chi connectivity index (χ0v) is 35.9. The van der Waals surface area contributed by atoms with Crippen molar-refractivity contribution in [2.75, 3.05) is 24.0 Å². The molecule has 312 valence electrons. The van der Waals surface area contributed by atoms with Gasteiger partial charge in [0.15, 0.2) is 0 Å². The summed E-state index contributed by atoms with van der Waals surface area (Å²) in [6.07, 6.45) is 10.6. The van der Waals surface area contributed by atoms with Crippen LogP contribution in [0.5, 0.6) is 0 Å². The summed E-state index contributed by atoms with van der Waals surface area (Å²) < 4.78 is 9.91. The van der Waals surface area contributed by atoms with E-state index >= 15 is 0 Å². The summed E-state index contributed by atoms with van der Waals surface area (Å²) in [5, 5.41) is 9.92. The van der Waals surface area contributed by atoms with Crippen molar-refractivity contribution in [3.05, 3.63) is 192 Å². The summed E-state index contributed by atoms with van der Waals surface area (Å²) in [5.41, 5.74) is 13.7. The zero-order chi connectivity index (χ0) is 43.3. The molecule has 0 atom stereocenters. The Bertz CT molecular complexity index is 3330. The Kier molecular flexibility index (Phi) is 9.92. The molecule has 2 aliphatic rings. The highest BCUT2D eigenvalue weighted by molar-refractivity contribution is 6.25. The summed E-state index contributed by atoms with van der Waals surface area (Å²) >= 11 is 0. The van der Waals surface area contributed by atoms with Gasteiger partial charge in [-0.1, -0.05) is 115 Å². The number of anilines is 6. The molecule has 9 aromatic rings.